The largest absolute Gasteiger partial charge is 0.444 e. The smallest absolute Gasteiger partial charge is 0.408 e. The first kappa shape index (κ1) is 30.7. The highest BCUT2D eigenvalue weighted by Crippen LogP contribution is 2.35. The summed E-state index contributed by atoms with van der Waals surface area (Å²) in [6, 6.07) is 11.1. The molecule has 214 valence electrons. The van der Waals surface area contributed by atoms with E-state index in [-0.39, 0.29) is 23.8 Å². The molecule has 0 bridgehead atoms. The standard InChI is InChI=1S/C33H43N3O4/c1-9-21(3)28(35-32(39)40-33(6,7)8)31(38)36(26-15-12-16-26)29(25-19-17-24(10-2)18-20-25)30(37)34-27-22(4)13-11-14-23(27)5/h2,11,13-14,17-21,26,28-29H,9,12,15-16H2,1,3-8H3,(H,34,37)(H,35,39). The molecule has 7 heteroatoms. The maximum atomic E-state index is 14.5. The Labute approximate surface area is 239 Å². The van der Waals surface area contributed by atoms with Crippen LogP contribution < -0.4 is 10.6 Å². The highest BCUT2D eigenvalue weighted by Gasteiger charge is 2.43. The van der Waals surface area contributed by atoms with Crippen molar-refractivity contribution in [3.05, 3.63) is 64.7 Å². The van der Waals surface area contributed by atoms with Gasteiger partial charge in [0.2, 0.25) is 5.91 Å². The van der Waals surface area contributed by atoms with Gasteiger partial charge in [-0.1, -0.05) is 56.5 Å². The van der Waals surface area contributed by atoms with Crippen LogP contribution in [0.5, 0.6) is 0 Å². The minimum atomic E-state index is -0.921. The number of anilines is 1. The average molecular weight is 546 g/mol. The zero-order chi connectivity index (χ0) is 29.6. The van der Waals surface area contributed by atoms with Crippen molar-refractivity contribution in [2.24, 2.45) is 5.92 Å². The molecule has 1 saturated carbocycles. The van der Waals surface area contributed by atoms with Crippen LogP contribution in [-0.4, -0.2) is 40.5 Å². The summed E-state index contributed by atoms with van der Waals surface area (Å²) in [6.07, 6.45) is 8.11. The molecule has 2 N–H and O–H groups in total. The van der Waals surface area contributed by atoms with E-state index >= 15 is 0 Å². The number of nitrogens with one attached hydrogen (secondary N) is 2. The maximum Gasteiger partial charge on any atom is 0.408 e. The lowest BCUT2D eigenvalue weighted by atomic mass is 9.86. The summed E-state index contributed by atoms with van der Waals surface area (Å²) < 4.78 is 5.50. The topological polar surface area (TPSA) is 87.7 Å². The van der Waals surface area contributed by atoms with E-state index in [0.29, 0.717) is 17.5 Å². The van der Waals surface area contributed by atoms with Crippen LogP contribution in [0.1, 0.15) is 88.6 Å². The van der Waals surface area contributed by atoms with Crippen molar-refractivity contribution in [1.82, 2.24) is 10.2 Å². The summed E-state index contributed by atoms with van der Waals surface area (Å²) in [4.78, 5) is 43.1. The third kappa shape index (κ3) is 7.44. The zero-order valence-corrected chi connectivity index (χ0v) is 24.8. The molecule has 40 heavy (non-hydrogen) atoms. The van der Waals surface area contributed by atoms with Gasteiger partial charge in [0.1, 0.15) is 17.7 Å². The van der Waals surface area contributed by atoms with Crippen LogP contribution in [0.25, 0.3) is 0 Å². The predicted octanol–water partition coefficient (Wildman–Crippen LogP) is 6.29. The van der Waals surface area contributed by atoms with Gasteiger partial charge in [0.15, 0.2) is 0 Å². The Morgan fingerprint density at radius 2 is 1.68 bits per heavy atom. The van der Waals surface area contributed by atoms with E-state index in [9.17, 15) is 14.4 Å². The zero-order valence-electron chi connectivity index (χ0n) is 24.8. The lowest BCUT2D eigenvalue weighted by Crippen LogP contribution is -2.58. The Morgan fingerprint density at radius 3 is 2.15 bits per heavy atom. The third-order valence-corrected chi connectivity index (χ3v) is 7.52. The van der Waals surface area contributed by atoms with Gasteiger partial charge < -0.3 is 20.3 Å². The van der Waals surface area contributed by atoms with Gasteiger partial charge in [0.05, 0.1) is 0 Å². The fraction of sp³-hybridized carbons (Fsp3) is 0.485. The van der Waals surface area contributed by atoms with Crippen LogP contribution in [0.2, 0.25) is 0 Å². The van der Waals surface area contributed by atoms with Crippen molar-refractivity contribution in [2.45, 2.75) is 97.9 Å². The van der Waals surface area contributed by atoms with Crippen LogP contribution in [0, 0.1) is 32.1 Å². The van der Waals surface area contributed by atoms with Crippen molar-refractivity contribution >= 4 is 23.6 Å². The molecular weight excluding hydrogens is 502 g/mol. The number of hydrogen-bond acceptors (Lipinski definition) is 4. The minimum absolute atomic E-state index is 0.138. The molecule has 0 radical (unpaired) electrons. The number of benzene rings is 2. The molecule has 2 aromatic carbocycles. The van der Waals surface area contributed by atoms with Crippen LogP contribution >= 0.6 is 0 Å². The molecule has 0 spiro atoms. The van der Waals surface area contributed by atoms with E-state index in [1.807, 2.05) is 58.0 Å². The maximum absolute atomic E-state index is 14.5. The fourth-order valence-corrected chi connectivity index (χ4v) is 4.86. The second kappa shape index (κ2) is 13.0. The van der Waals surface area contributed by atoms with E-state index in [1.165, 1.54) is 0 Å². The number of carbonyl (C=O) groups excluding carboxylic acids is 3. The summed E-state index contributed by atoms with van der Waals surface area (Å²) in [7, 11) is 0. The second-order valence-corrected chi connectivity index (χ2v) is 11.8. The first-order valence-corrected chi connectivity index (χ1v) is 14.1. The van der Waals surface area contributed by atoms with Crippen LogP contribution in [0.15, 0.2) is 42.5 Å². The monoisotopic (exact) mass is 545 g/mol. The highest BCUT2D eigenvalue weighted by atomic mass is 16.6. The van der Waals surface area contributed by atoms with Crippen molar-refractivity contribution in [3.63, 3.8) is 0 Å². The number of terminal acetylenes is 1. The van der Waals surface area contributed by atoms with Crippen molar-refractivity contribution in [3.8, 4) is 12.3 Å². The Kier molecular flexibility index (Phi) is 10.0. The molecule has 3 atom stereocenters. The predicted molar refractivity (Wildman–Crippen MR) is 159 cm³/mol. The number of rotatable bonds is 9. The molecule has 0 aromatic heterocycles. The minimum Gasteiger partial charge on any atom is -0.444 e. The summed E-state index contributed by atoms with van der Waals surface area (Å²) in [5.41, 5.74) is 3.21. The molecule has 0 aliphatic heterocycles. The second-order valence-electron chi connectivity index (χ2n) is 11.8. The Hall–Kier alpha value is -3.79. The Bertz CT molecular complexity index is 1230. The number of amides is 3. The molecule has 0 heterocycles. The number of nitrogens with zero attached hydrogens (tertiary/aromatic N) is 1. The average Bonchev–Trinajstić information content (AvgIpc) is 2.86. The Balaban J connectivity index is 2.08. The van der Waals surface area contributed by atoms with Gasteiger partial charge in [0, 0.05) is 17.3 Å². The van der Waals surface area contributed by atoms with Crippen molar-refractivity contribution in [2.75, 3.05) is 5.32 Å². The van der Waals surface area contributed by atoms with E-state index in [2.05, 4.69) is 16.6 Å². The molecule has 1 aliphatic carbocycles. The summed E-state index contributed by atoms with van der Waals surface area (Å²) in [6.45, 7) is 13.1. The Morgan fingerprint density at radius 1 is 1.07 bits per heavy atom. The number of ether oxygens (including phenoxy) is 1. The van der Waals surface area contributed by atoms with E-state index in [1.54, 1.807) is 37.8 Å². The van der Waals surface area contributed by atoms with Crippen molar-refractivity contribution in [1.29, 1.82) is 0 Å². The van der Waals surface area contributed by atoms with Gasteiger partial charge >= 0.3 is 6.09 Å². The van der Waals surface area contributed by atoms with Gasteiger partial charge in [-0.3, -0.25) is 9.59 Å². The molecule has 7 nitrogen and oxygen atoms in total. The normalized spacial score (nSPS) is 15.6. The van der Waals surface area contributed by atoms with Crippen LogP contribution in [0.4, 0.5) is 10.5 Å². The third-order valence-electron chi connectivity index (χ3n) is 7.52. The molecular formula is C33H43N3O4. The highest BCUT2D eigenvalue weighted by molar-refractivity contribution is 6.00. The van der Waals surface area contributed by atoms with Gasteiger partial charge in [0.25, 0.3) is 5.91 Å². The van der Waals surface area contributed by atoms with Gasteiger partial charge in [-0.05, 0) is 88.6 Å². The SMILES string of the molecule is C#Cc1ccc(C(C(=O)Nc2c(C)cccc2C)N(C(=O)C(NC(=O)OC(C)(C)C)C(C)CC)C2CCC2)cc1. The quantitative estimate of drug-likeness (QED) is 0.363. The summed E-state index contributed by atoms with van der Waals surface area (Å²) in [5, 5.41) is 5.94. The van der Waals surface area contributed by atoms with Gasteiger partial charge in [-0.15, -0.1) is 6.42 Å². The molecule has 2 aromatic rings. The lowest BCUT2D eigenvalue weighted by molar-refractivity contribution is -0.147. The number of hydrogen-bond donors (Lipinski definition) is 2. The molecule has 1 aliphatic rings. The van der Waals surface area contributed by atoms with E-state index < -0.39 is 23.8 Å². The molecule has 3 unspecified atom stereocenters. The van der Waals surface area contributed by atoms with Gasteiger partial charge in [-0.2, -0.15) is 0 Å². The van der Waals surface area contributed by atoms with Crippen LogP contribution in [-0.2, 0) is 14.3 Å². The summed E-state index contributed by atoms with van der Waals surface area (Å²) >= 11 is 0. The summed E-state index contributed by atoms with van der Waals surface area (Å²) in [5.74, 6) is 1.81. The van der Waals surface area contributed by atoms with Crippen LogP contribution in [0.3, 0.4) is 0 Å². The number of para-hydroxylation sites is 1. The van der Waals surface area contributed by atoms with Crippen molar-refractivity contribution < 1.29 is 19.1 Å². The molecule has 1 fully saturated rings. The first-order valence-electron chi connectivity index (χ1n) is 14.1. The fourth-order valence-electron chi connectivity index (χ4n) is 4.86. The number of alkyl carbamates (subject to hydrolysis) is 1. The lowest BCUT2D eigenvalue weighted by Gasteiger charge is -2.44. The molecule has 3 amide bonds. The van der Waals surface area contributed by atoms with Gasteiger partial charge in [-0.25, -0.2) is 4.79 Å². The van der Waals surface area contributed by atoms with E-state index in [0.717, 1.165) is 36.1 Å². The molecule has 3 rings (SSSR count). The molecule has 0 saturated heterocycles. The van der Waals surface area contributed by atoms with E-state index in [4.69, 9.17) is 11.2 Å². The number of aryl methyl sites for hydroxylation is 2. The number of carbonyl (C=O) groups is 3. The first-order chi connectivity index (χ1) is 18.9.